The average Bonchev–Trinajstić information content (AvgIpc) is 3.11. The largest absolute Gasteiger partial charge is 0.224 e. The summed E-state index contributed by atoms with van der Waals surface area (Å²) < 4.78 is 58.4. The normalized spacial score (nSPS) is 11.0. The summed E-state index contributed by atoms with van der Waals surface area (Å²) in [6, 6.07) is 32.5. The first-order valence-electron chi connectivity index (χ1n) is 14.1. The van der Waals surface area contributed by atoms with Gasteiger partial charge in [-0.15, -0.1) is 20.4 Å². The van der Waals surface area contributed by atoms with E-state index in [0.29, 0.717) is 33.6 Å². The molecule has 0 N–H and O–H groups in total. The van der Waals surface area contributed by atoms with Crippen molar-refractivity contribution in [1.82, 2.24) is 30.4 Å². The first kappa shape index (κ1) is 28.6. The molecule has 0 saturated carbocycles. The fourth-order valence-corrected chi connectivity index (χ4v) is 4.99. The van der Waals surface area contributed by atoms with Gasteiger partial charge in [0.05, 0.1) is 0 Å². The molecule has 0 aliphatic rings. The molecule has 222 valence electrons. The zero-order valence-corrected chi connectivity index (χ0v) is 23.7. The van der Waals surface area contributed by atoms with Crippen molar-refractivity contribution in [2.45, 2.75) is 0 Å². The highest BCUT2D eigenvalue weighted by molar-refractivity contribution is 5.80. The van der Waals surface area contributed by atoms with Crippen LogP contribution in [0.3, 0.4) is 0 Å². The fourth-order valence-electron chi connectivity index (χ4n) is 4.99. The Morgan fingerprint density at radius 1 is 0.326 bits per heavy atom. The van der Waals surface area contributed by atoms with Gasteiger partial charge in [-0.1, -0.05) is 97.1 Å². The van der Waals surface area contributed by atoms with E-state index in [1.165, 1.54) is 24.3 Å². The molecule has 0 aliphatic carbocycles. The lowest BCUT2D eigenvalue weighted by atomic mass is 10.0. The standard InChI is InChI=1S/C36H20F4N6/c37-27-15-7-13-25(29(27)39)33-31(21-9-3-1-4-10-21)43-45-35(41-33)23-17-19-24(20-18-23)36-42-34(26-14-8-16-28(38)30(26)40)32(44-46-36)22-11-5-2-6-12-22/h1-20H. The zero-order valence-electron chi connectivity index (χ0n) is 23.7. The number of halogens is 4. The molecule has 7 rings (SSSR count). The molecule has 0 amide bonds. The summed E-state index contributed by atoms with van der Waals surface area (Å²) in [5.74, 6) is -3.76. The van der Waals surface area contributed by atoms with Crippen molar-refractivity contribution in [1.29, 1.82) is 0 Å². The predicted octanol–water partition coefficient (Wildman–Crippen LogP) is 8.62. The van der Waals surface area contributed by atoms with Crippen LogP contribution in [0.15, 0.2) is 121 Å². The van der Waals surface area contributed by atoms with Crippen LogP contribution in [0.2, 0.25) is 0 Å². The summed E-state index contributed by atoms with van der Waals surface area (Å²) in [6.07, 6.45) is 0. The molecule has 2 aromatic heterocycles. The third-order valence-corrected chi connectivity index (χ3v) is 7.28. The number of nitrogens with zero attached hydrogens (tertiary/aromatic N) is 6. The quantitative estimate of drug-likeness (QED) is 0.175. The van der Waals surface area contributed by atoms with Gasteiger partial charge in [0.15, 0.2) is 34.9 Å². The van der Waals surface area contributed by atoms with Crippen LogP contribution in [0.5, 0.6) is 0 Å². The van der Waals surface area contributed by atoms with Gasteiger partial charge in [-0.05, 0) is 24.3 Å². The van der Waals surface area contributed by atoms with E-state index in [4.69, 9.17) is 0 Å². The summed E-state index contributed by atoms with van der Waals surface area (Å²) in [5.41, 5.74) is 3.06. The number of rotatable bonds is 6. The van der Waals surface area contributed by atoms with Crippen molar-refractivity contribution >= 4 is 0 Å². The second-order valence-corrected chi connectivity index (χ2v) is 10.2. The van der Waals surface area contributed by atoms with Gasteiger partial charge in [-0.3, -0.25) is 0 Å². The van der Waals surface area contributed by atoms with E-state index in [0.717, 1.165) is 12.1 Å². The van der Waals surface area contributed by atoms with Gasteiger partial charge in [-0.2, -0.15) is 0 Å². The molecule has 0 radical (unpaired) electrons. The highest BCUT2D eigenvalue weighted by Crippen LogP contribution is 2.34. The van der Waals surface area contributed by atoms with Crippen LogP contribution in [0.4, 0.5) is 17.6 Å². The van der Waals surface area contributed by atoms with Crippen molar-refractivity contribution in [3.63, 3.8) is 0 Å². The van der Waals surface area contributed by atoms with Crippen LogP contribution in [0, 0.1) is 23.3 Å². The molecule has 0 saturated heterocycles. The van der Waals surface area contributed by atoms with Crippen molar-refractivity contribution < 1.29 is 17.6 Å². The monoisotopic (exact) mass is 612 g/mol. The maximum atomic E-state index is 15.0. The minimum atomic E-state index is -1.05. The molecule has 0 atom stereocenters. The Morgan fingerprint density at radius 3 is 1.11 bits per heavy atom. The molecule has 0 spiro atoms. The molecule has 0 fully saturated rings. The van der Waals surface area contributed by atoms with Crippen molar-refractivity contribution in [3.05, 3.63) is 145 Å². The van der Waals surface area contributed by atoms with E-state index in [-0.39, 0.29) is 34.2 Å². The Morgan fingerprint density at radius 2 is 0.717 bits per heavy atom. The molecule has 0 bridgehead atoms. The van der Waals surface area contributed by atoms with Crippen molar-refractivity contribution in [3.8, 4) is 67.8 Å². The van der Waals surface area contributed by atoms with Gasteiger partial charge < -0.3 is 0 Å². The molecule has 0 aliphatic heterocycles. The Hall–Kier alpha value is -6.16. The molecule has 10 heteroatoms. The van der Waals surface area contributed by atoms with Crippen molar-refractivity contribution in [2.75, 3.05) is 0 Å². The van der Waals surface area contributed by atoms with Crippen LogP contribution in [-0.4, -0.2) is 30.4 Å². The van der Waals surface area contributed by atoms with E-state index in [9.17, 15) is 17.6 Å². The van der Waals surface area contributed by atoms with E-state index in [2.05, 4.69) is 30.4 Å². The molecule has 6 nitrogen and oxygen atoms in total. The fraction of sp³-hybridized carbons (Fsp3) is 0. The molecular formula is C36H20F4N6. The van der Waals surface area contributed by atoms with Crippen LogP contribution >= 0.6 is 0 Å². The Bertz CT molecular complexity index is 2040. The van der Waals surface area contributed by atoms with E-state index >= 15 is 0 Å². The summed E-state index contributed by atoms with van der Waals surface area (Å²) in [5, 5.41) is 17.3. The molecular weight excluding hydrogens is 592 g/mol. The third-order valence-electron chi connectivity index (χ3n) is 7.28. The van der Waals surface area contributed by atoms with E-state index < -0.39 is 23.3 Å². The van der Waals surface area contributed by atoms with Crippen LogP contribution < -0.4 is 0 Å². The lowest BCUT2D eigenvalue weighted by Crippen LogP contribution is -2.03. The smallest absolute Gasteiger partial charge is 0.182 e. The predicted molar refractivity (Wildman–Crippen MR) is 166 cm³/mol. The minimum Gasteiger partial charge on any atom is -0.224 e. The summed E-state index contributed by atoms with van der Waals surface area (Å²) >= 11 is 0. The van der Waals surface area contributed by atoms with Gasteiger partial charge in [0.1, 0.15) is 22.8 Å². The van der Waals surface area contributed by atoms with E-state index in [1.54, 1.807) is 72.8 Å². The number of hydrogen-bond donors (Lipinski definition) is 0. The molecule has 7 aromatic rings. The highest BCUT2D eigenvalue weighted by Gasteiger charge is 2.21. The zero-order chi connectivity index (χ0) is 31.6. The van der Waals surface area contributed by atoms with Crippen LogP contribution in [-0.2, 0) is 0 Å². The van der Waals surface area contributed by atoms with Crippen LogP contribution in [0.25, 0.3) is 67.8 Å². The Labute approximate surface area is 260 Å². The highest BCUT2D eigenvalue weighted by atomic mass is 19.2. The number of hydrogen-bond acceptors (Lipinski definition) is 6. The lowest BCUT2D eigenvalue weighted by Gasteiger charge is -2.12. The maximum Gasteiger partial charge on any atom is 0.182 e. The van der Waals surface area contributed by atoms with E-state index in [1.807, 2.05) is 12.1 Å². The Kier molecular flexibility index (Phi) is 7.51. The number of benzene rings is 5. The Balaban J connectivity index is 1.30. The van der Waals surface area contributed by atoms with Crippen LogP contribution in [0.1, 0.15) is 0 Å². The SMILES string of the molecule is Fc1cccc(-c2nc(-c3ccc(-c4nnc(-c5ccccc5)c(-c5cccc(F)c5F)n4)cc3)nnc2-c2ccccc2)c1F. The average molecular weight is 613 g/mol. The molecule has 5 aromatic carbocycles. The molecule has 0 unspecified atom stereocenters. The summed E-state index contributed by atoms with van der Waals surface area (Å²) in [6.45, 7) is 0. The van der Waals surface area contributed by atoms with Gasteiger partial charge in [-0.25, -0.2) is 27.5 Å². The lowest BCUT2D eigenvalue weighted by molar-refractivity contribution is 0.511. The summed E-state index contributed by atoms with van der Waals surface area (Å²) in [7, 11) is 0. The molecule has 2 heterocycles. The summed E-state index contributed by atoms with van der Waals surface area (Å²) in [4.78, 5) is 9.22. The van der Waals surface area contributed by atoms with Gasteiger partial charge in [0, 0.05) is 33.4 Å². The van der Waals surface area contributed by atoms with Crippen molar-refractivity contribution in [2.24, 2.45) is 0 Å². The van der Waals surface area contributed by atoms with Gasteiger partial charge in [0.2, 0.25) is 0 Å². The van der Waals surface area contributed by atoms with Gasteiger partial charge in [0.25, 0.3) is 0 Å². The maximum absolute atomic E-state index is 15.0. The minimum absolute atomic E-state index is 0.0540. The third kappa shape index (κ3) is 5.36. The first-order chi connectivity index (χ1) is 22.5. The molecule has 46 heavy (non-hydrogen) atoms. The number of aromatic nitrogens is 6. The second kappa shape index (κ2) is 12.1. The topological polar surface area (TPSA) is 77.3 Å². The van der Waals surface area contributed by atoms with Gasteiger partial charge >= 0.3 is 0 Å². The first-order valence-corrected chi connectivity index (χ1v) is 14.1. The second-order valence-electron chi connectivity index (χ2n) is 10.2.